The van der Waals surface area contributed by atoms with Crippen LogP contribution in [0.4, 0.5) is 5.82 Å². The first-order valence-electron chi connectivity index (χ1n) is 6.48. The van der Waals surface area contributed by atoms with Crippen molar-refractivity contribution in [2.24, 2.45) is 0 Å². The Bertz CT molecular complexity index is 553. The zero-order chi connectivity index (χ0) is 13.3. The zero-order valence-electron chi connectivity index (χ0n) is 11.6. The van der Waals surface area contributed by atoms with Crippen LogP contribution in [0.25, 0.3) is 11.3 Å². The van der Waals surface area contributed by atoms with Gasteiger partial charge in [-0.15, -0.1) is 0 Å². The van der Waals surface area contributed by atoms with Crippen molar-refractivity contribution in [1.82, 2.24) is 9.55 Å². The molecule has 0 radical (unpaired) electrons. The lowest BCUT2D eigenvalue weighted by atomic mass is 10.1. The average molecular weight is 243 g/mol. The molecule has 0 aliphatic rings. The van der Waals surface area contributed by atoms with Gasteiger partial charge in [0.1, 0.15) is 17.3 Å². The molecular formula is C15H21N3. The van der Waals surface area contributed by atoms with Gasteiger partial charge in [-0.3, -0.25) is 0 Å². The molecule has 3 nitrogen and oxygen atoms in total. The van der Waals surface area contributed by atoms with Crippen molar-refractivity contribution in [3.63, 3.8) is 0 Å². The summed E-state index contributed by atoms with van der Waals surface area (Å²) in [7, 11) is 0. The van der Waals surface area contributed by atoms with Gasteiger partial charge >= 0.3 is 0 Å². The highest BCUT2D eigenvalue weighted by atomic mass is 15.2. The van der Waals surface area contributed by atoms with Gasteiger partial charge in [-0.2, -0.15) is 0 Å². The van der Waals surface area contributed by atoms with Gasteiger partial charge < -0.3 is 10.3 Å². The highest BCUT2D eigenvalue weighted by Crippen LogP contribution is 2.31. The predicted molar refractivity (Wildman–Crippen MR) is 76.6 cm³/mol. The molecule has 0 amide bonds. The van der Waals surface area contributed by atoms with Gasteiger partial charge in [-0.1, -0.05) is 31.2 Å². The minimum absolute atomic E-state index is 0.338. The van der Waals surface area contributed by atoms with Crippen LogP contribution < -0.4 is 5.73 Å². The van der Waals surface area contributed by atoms with E-state index in [-0.39, 0.29) is 0 Å². The Morgan fingerprint density at radius 1 is 1.28 bits per heavy atom. The number of nitrogens with zero attached hydrogens (tertiary/aromatic N) is 2. The van der Waals surface area contributed by atoms with Gasteiger partial charge in [-0.05, 0) is 26.3 Å². The summed E-state index contributed by atoms with van der Waals surface area (Å²) in [5.41, 5.74) is 9.53. The molecule has 0 spiro atoms. The Morgan fingerprint density at radius 2 is 1.94 bits per heavy atom. The number of hydrogen-bond acceptors (Lipinski definition) is 2. The Morgan fingerprint density at radius 3 is 2.44 bits per heavy atom. The van der Waals surface area contributed by atoms with E-state index >= 15 is 0 Å². The molecule has 0 unspecified atom stereocenters. The molecule has 2 N–H and O–H groups in total. The number of aryl methyl sites for hydroxylation is 2. The molecule has 0 saturated heterocycles. The van der Waals surface area contributed by atoms with Gasteiger partial charge in [-0.25, -0.2) is 4.98 Å². The van der Waals surface area contributed by atoms with E-state index in [0.29, 0.717) is 6.04 Å². The van der Waals surface area contributed by atoms with Gasteiger partial charge in [0.2, 0.25) is 0 Å². The summed E-state index contributed by atoms with van der Waals surface area (Å²) in [4.78, 5) is 4.72. The highest BCUT2D eigenvalue weighted by molar-refractivity contribution is 5.73. The van der Waals surface area contributed by atoms with Crippen LogP contribution >= 0.6 is 0 Å². The summed E-state index contributed by atoms with van der Waals surface area (Å²) in [6.07, 6.45) is 0.897. The quantitative estimate of drug-likeness (QED) is 0.895. The SMILES string of the molecule is CCc1nc(-c2ccccc2C)c(N)n1C(C)C. The highest BCUT2D eigenvalue weighted by Gasteiger charge is 2.17. The van der Waals surface area contributed by atoms with Crippen LogP contribution in [-0.2, 0) is 6.42 Å². The molecule has 3 heteroatoms. The molecule has 1 aromatic carbocycles. The van der Waals surface area contributed by atoms with Crippen molar-refractivity contribution in [3.8, 4) is 11.3 Å². The van der Waals surface area contributed by atoms with Crippen molar-refractivity contribution in [2.45, 2.75) is 40.2 Å². The second kappa shape index (κ2) is 4.84. The maximum atomic E-state index is 6.28. The van der Waals surface area contributed by atoms with Gasteiger partial charge in [0, 0.05) is 18.0 Å². The minimum atomic E-state index is 0.338. The third kappa shape index (κ3) is 2.01. The van der Waals surface area contributed by atoms with E-state index in [1.807, 2.05) is 12.1 Å². The van der Waals surface area contributed by atoms with Crippen molar-refractivity contribution in [2.75, 3.05) is 5.73 Å². The third-order valence-electron chi connectivity index (χ3n) is 3.25. The van der Waals surface area contributed by atoms with E-state index in [1.165, 1.54) is 5.56 Å². The number of nitrogens with two attached hydrogens (primary N) is 1. The molecule has 0 saturated carbocycles. The number of rotatable bonds is 3. The number of hydrogen-bond donors (Lipinski definition) is 1. The Kier molecular flexibility index (Phi) is 3.41. The first-order chi connectivity index (χ1) is 8.56. The molecule has 1 heterocycles. The van der Waals surface area contributed by atoms with Crippen molar-refractivity contribution in [3.05, 3.63) is 35.7 Å². The topological polar surface area (TPSA) is 43.8 Å². The lowest BCUT2D eigenvalue weighted by Crippen LogP contribution is -2.08. The van der Waals surface area contributed by atoms with E-state index in [1.54, 1.807) is 0 Å². The normalized spacial score (nSPS) is 11.2. The smallest absolute Gasteiger partial charge is 0.131 e. The van der Waals surface area contributed by atoms with Crippen LogP contribution in [0.15, 0.2) is 24.3 Å². The van der Waals surface area contributed by atoms with Gasteiger partial charge in [0.05, 0.1) is 0 Å². The van der Waals surface area contributed by atoms with Crippen LogP contribution in [0.5, 0.6) is 0 Å². The number of nitrogen functional groups attached to an aromatic ring is 1. The molecule has 0 atom stereocenters. The van der Waals surface area contributed by atoms with Crippen LogP contribution in [0, 0.1) is 6.92 Å². The standard InChI is InChI=1S/C15H21N3/c1-5-13-17-14(15(16)18(13)10(2)3)12-9-7-6-8-11(12)4/h6-10H,5,16H2,1-4H3. The summed E-state index contributed by atoms with van der Waals surface area (Å²) < 4.78 is 2.13. The van der Waals surface area contributed by atoms with Crippen molar-refractivity contribution < 1.29 is 0 Å². The number of benzene rings is 1. The van der Waals surface area contributed by atoms with E-state index in [9.17, 15) is 0 Å². The molecule has 18 heavy (non-hydrogen) atoms. The first-order valence-corrected chi connectivity index (χ1v) is 6.48. The van der Waals surface area contributed by atoms with E-state index in [0.717, 1.165) is 29.3 Å². The third-order valence-corrected chi connectivity index (χ3v) is 3.25. The average Bonchev–Trinajstić information content (AvgIpc) is 2.67. The van der Waals surface area contributed by atoms with Crippen LogP contribution in [0.3, 0.4) is 0 Å². The largest absolute Gasteiger partial charge is 0.383 e. The second-order valence-corrected chi connectivity index (χ2v) is 4.89. The van der Waals surface area contributed by atoms with E-state index in [4.69, 9.17) is 10.7 Å². The minimum Gasteiger partial charge on any atom is -0.383 e. The molecule has 96 valence electrons. The molecule has 0 fully saturated rings. The van der Waals surface area contributed by atoms with Gasteiger partial charge in [0.15, 0.2) is 0 Å². The molecule has 1 aromatic heterocycles. The summed E-state index contributed by atoms with van der Waals surface area (Å²) in [6, 6.07) is 8.58. The first kappa shape index (κ1) is 12.7. The fourth-order valence-corrected chi connectivity index (χ4v) is 2.36. The van der Waals surface area contributed by atoms with Crippen molar-refractivity contribution in [1.29, 1.82) is 0 Å². The van der Waals surface area contributed by atoms with Crippen molar-refractivity contribution >= 4 is 5.82 Å². The molecule has 0 aliphatic heterocycles. The molecule has 2 rings (SSSR count). The monoisotopic (exact) mass is 243 g/mol. The molecule has 0 bridgehead atoms. The summed E-state index contributed by atoms with van der Waals surface area (Å²) in [6.45, 7) is 8.48. The Balaban J connectivity index is 2.63. The summed E-state index contributed by atoms with van der Waals surface area (Å²) in [5.74, 6) is 1.83. The second-order valence-electron chi connectivity index (χ2n) is 4.89. The van der Waals surface area contributed by atoms with E-state index in [2.05, 4.69) is 44.4 Å². The fourth-order valence-electron chi connectivity index (χ4n) is 2.36. The van der Waals surface area contributed by atoms with Crippen LogP contribution in [-0.4, -0.2) is 9.55 Å². The fraction of sp³-hybridized carbons (Fsp3) is 0.400. The number of aromatic nitrogens is 2. The number of anilines is 1. The molecular weight excluding hydrogens is 222 g/mol. The molecule has 0 aliphatic carbocycles. The number of imidazole rings is 1. The summed E-state index contributed by atoms with van der Waals surface area (Å²) >= 11 is 0. The van der Waals surface area contributed by atoms with Crippen LogP contribution in [0.1, 0.15) is 38.2 Å². The lowest BCUT2D eigenvalue weighted by Gasteiger charge is -2.12. The Hall–Kier alpha value is -1.77. The van der Waals surface area contributed by atoms with Gasteiger partial charge in [0.25, 0.3) is 0 Å². The summed E-state index contributed by atoms with van der Waals surface area (Å²) in [5, 5.41) is 0. The van der Waals surface area contributed by atoms with Crippen LogP contribution in [0.2, 0.25) is 0 Å². The maximum Gasteiger partial charge on any atom is 0.131 e. The maximum absolute atomic E-state index is 6.28. The molecule has 2 aromatic rings. The Labute approximate surface area is 109 Å². The predicted octanol–water partition coefficient (Wildman–Crippen LogP) is 3.58. The zero-order valence-corrected chi connectivity index (χ0v) is 11.6. The lowest BCUT2D eigenvalue weighted by molar-refractivity contribution is 0.579. The van der Waals surface area contributed by atoms with E-state index < -0.39 is 0 Å².